The number of nitrogens with zero attached hydrogens (tertiary/aromatic N) is 3. The number of hydrogen-bond donors (Lipinski definition) is 1. The monoisotopic (exact) mass is 178 g/mol. The van der Waals surface area contributed by atoms with Crippen LogP contribution < -0.4 is 10.1 Å². The van der Waals surface area contributed by atoms with Gasteiger partial charge in [-0.2, -0.15) is 0 Å². The number of pyridine rings is 1. The molecular formula is C8H10N4O. The van der Waals surface area contributed by atoms with E-state index in [0.717, 1.165) is 17.1 Å². The molecule has 0 radical (unpaired) electrons. The summed E-state index contributed by atoms with van der Waals surface area (Å²) < 4.78 is 7.00. The lowest BCUT2D eigenvalue weighted by Crippen LogP contribution is -1.96. The Hall–Kier alpha value is -1.78. The van der Waals surface area contributed by atoms with Crippen molar-refractivity contribution in [1.29, 1.82) is 0 Å². The van der Waals surface area contributed by atoms with Gasteiger partial charge in [0.1, 0.15) is 12.1 Å². The standard InChI is InChI=1S/C8H10N4O/c1-9-6-4-12-5-10-11-8(12)3-7(6)13-2/h3-5,9H,1-2H3. The van der Waals surface area contributed by atoms with Gasteiger partial charge in [-0.3, -0.25) is 4.40 Å². The Kier molecular flexibility index (Phi) is 1.77. The molecule has 2 heterocycles. The van der Waals surface area contributed by atoms with E-state index in [4.69, 9.17) is 4.74 Å². The maximum Gasteiger partial charge on any atom is 0.164 e. The first-order chi connectivity index (χ1) is 6.35. The summed E-state index contributed by atoms with van der Waals surface area (Å²) in [6.07, 6.45) is 3.53. The van der Waals surface area contributed by atoms with Crippen LogP contribution in [0.15, 0.2) is 18.6 Å². The van der Waals surface area contributed by atoms with Crippen LogP contribution >= 0.6 is 0 Å². The highest BCUT2D eigenvalue weighted by atomic mass is 16.5. The van der Waals surface area contributed by atoms with E-state index in [2.05, 4.69) is 15.5 Å². The normalized spacial score (nSPS) is 10.3. The maximum absolute atomic E-state index is 5.17. The summed E-state index contributed by atoms with van der Waals surface area (Å²) in [6.45, 7) is 0. The average Bonchev–Trinajstić information content (AvgIpc) is 2.62. The van der Waals surface area contributed by atoms with Crippen LogP contribution in [0.2, 0.25) is 0 Å². The van der Waals surface area contributed by atoms with Crippen molar-refractivity contribution < 1.29 is 4.74 Å². The predicted octanol–water partition coefficient (Wildman–Crippen LogP) is 0.780. The van der Waals surface area contributed by atoms with E-state index < -0.39 is 0 Å². The molecule has 68 valence electrons. The highest BCUT2D eigenvalue weighted by molar-refractivity contribution is 5.60. The molecule has 1 N–H and O–H groups in total. The Bertz CT molecular complexity index is 385. The summed E-state index contributed by atoms with van der Waals surface area (Å²) in [5.74, 6) is 0.767. The van der Waals surface area contributed by atoms with E-state index in [1.54, 1.807) is 13.4 Å². The van der Waals surface area contributed by atoms with E-state index in [9.17, 15) is 0 Å². The fourth-order valence-electron chi connectivity index (χ4n) is 1.21. The van der Waals surface area contributed by atoms with E-state index in [0.29, 0.717) is 0 Å². The van der Waals surface area contributed by atoms with Crippen molar-refractivity contribution in [2.75, 3.05) is 19.5 Å². The fourth-order valence-corrected chi connectivity index (χ4v) is 1.21. The smallest absolute Gasteiger partial charge is 0.164 e. The Morgan fingerprint density at radius 3 is 3.08 bits per heavy atom. The average molecular weight is 178 g/mol. The van der Waals surface area contributed by atoms with Gasteiger partial charge < -0.3 is 10.1 Å². The van der Waals surface area contributed by atoms with Crippen LogP contribution in [0.5, 0.6) is 5.75 Å². The maximum atomic E-state index is 5.17. The van der Waals surface area contributed by atoms with Crippen molar-refractivity contribution in [3.8, 4) is 5.75 Å². The summed E-state index contributed by atoms with van der Waals surface area (Å²) in [6, 6.07) is 1.83. The second kappa shape index (κ2) is 2.93. The molecule has 0 unspecified atom stereocenters. The fraction of sp³-hybridized carbons (Fsp3) is 0.250. The van der Waals surface area contributed by atoms with Gasteiger partial charge in [0.05, 0.1) is 12.8 Å². The molecule has 0 amide bonds. The third kappa shape index (κ3) is 1.18. The number of methoxy groups -OCH3 is 1. The third-order valence-corrected chi connectivity index (χ3v) is 1.88. The molecule has 2 rings (SSSR count). The molecule has 0 aromatic carbocycles. The Morgan fingerprint density at radius 1 is 1.54 bits per heavy atom. The molecule has 5 heteroatoms. The first kappa shape index (κ1) is 7.85. The van der Waals surface area contributed by atoms with E-state index in [-0.39, 0.29) is 0 Å². The highest BCUT2D eigenvalue weighted by Crippen LogP contribution is 2.24. The first-order valence-electron chi connectivity index (χ1n) is 3.90. The summed E-state index contributed by atoms with van der Waals surface area (Å²) in [7, 11) is 3.47. The summed E-state index contributed by atoms with van der Waals surface area (Å²) in [5.41, 5.74) is 1.69. The number of anilines is 1. The van der Waals surface area contributed by atoms with Crippen molar-refractivity contribution in [3.05, 3.63) is 18.6 Å². The number of hydrogen-bond acceptors (Lipinski definition) is 4. The molecule has 0 saturated heterocycles. The van der Waals surface area contributed by atoms with Crippen LogP contribution in [0.25, 0.3) is 5.65 Å². The van der Waals surface area contributed by atoms with E-state index >= 15 is 0 Å². The molecule has 0 fully saturated rings. The molecular weight excluding hydrogens is 168 g/mol. The van der Waals surface area contributed by atoms with Crippen molar-refractivity contribution in [2.24, 2.45) is 0 Å². The lowest BCUT2D eigenvalue weighted by atomic mass is 10.3. The minimum atomic E-state index is 0.767. The summed E-state index contributed by atoms with van der Waals surface area (Å²) in [5, 5.41) is 10.7. The second-order valence-electron chi connectivity index (χ2n) is 2.60. The zero-order chi connectivity index (χ0) is 9.26. The van der Waals surface area contributed by atoms with Crippen molar-refractivity contribution in [1.82, 2.24) is 14.6 Å². The van der Waals surface area contributed by atoms with Crippen LogP contribution in [-0.4, -0.2) is 28.8 Å². The molecule has 2 aromatic heterocycles. The summed E-state index contributed by atoms with van der Waals surface area (Å²) in [4.78, 5) is 0. The Morgan fingerprint density at radius 2 is 2.38 bits per heavy atom. The van der Waals surface area contributed by atoms with Gasteiger partial charge in [0.25, 0.3) is 0 Å². The number of rotatable bonds is 2. The molecule has 2 aromatic rings. The molecule has 0 saturated carbocycles. The Labute approximate surface area is 75.4 Å². The van der Waals surface area contributed by atoms with Gasteiger partial charge in [-0.05, 0) is 0 Å². The van der Waals surface area contributed by atoms with Crippen molar-refractivity contribution in [2.45, 2.75) is 0 Å². The largest absolute Gasteiger partial charge is 0.494 e. The summed E-state index contributed by atoms with van der Waals surface area (Å²) >= 11 is 0. The Balaban J connectivity index is 2.67. The van der Waals surface area contributed by atoms with Crippen LogP contribution in [0.1, 0.15) is 0 Å². The zero-order valence-corrected chi connectivity index (χ0v) is 7.48. The van der Waals surface area contributed by atoms with Gasteiger partial charge in [-0.25, -0.2) is 0 Å². The lowest BCUT2D eigenvalue weighted by molar-refractivity contribution is 0.416. The zero-order valence-electron chi connectivity index (χ0n) is 7.48. The molecule has 0 atom stereocenters. The highest BCUT2D eigenvalue weighted by Gasteiger charge is 2.04. The second-order valence-corrected chi connectivity index (χ2v) is 2.60. The van der Waals surface area contributed by atoms with Gasteiger partial charge in [0, 0.05) is 19.3 Å². The molecule has 0 aliphatic carbocycles. The van der Waals surface area contributed by atoms with Gasteiger partial charge >= 0.3 is 0 Å². The van der Waals surface area contributed by atoms with Crippen molar-refractivity contribution >= 4 is 11.3 Å². The van der Waals surface area contributed by atoms with Gasteiger partial charge in [-0.15, -0.1) is 10.2 Å². The quantitative estimate of drug-likeness (QED) is 0.738. The van der Waals surface area contributed by atoms with Crippen molar-refractivity contribution in [3.63, 3.8) is 0 Å². The van der Waals surface area contributed by atoms with Crippen LogP contribution in [0, 0.1) is 0 Å². The minimum Gasteiger partial charge on any atom is -0.494 e. The molecule has 0 aliphatic heterocycles. The molecule has 13 heavy (non-hydrogen) atoms. The van der Waals surface area contributed by atoms with Crippen LogP contribution in [0.3, 0.4) is 0 Å². The predicted molar refractivity (Wildman–Crippen MR) is 49.1 cm³/mol. The van der Waals surface area contributed by atoms with Gasteiger partial charge in [0.2, 0.25) is 0 Å². The molecule has 0 spiro atoms. The van der Waals surface area contributed by atoms with Crippen LogP contribution in [0.4, 0.5) is 5.69 Å². The minimum absolute atomic E-state index is 0.767. The van der Waals surface area contributed by atoms with Gasteiger partial charge in [-0.1, -0.05) is 0 Å². The lowest BCUT2D eigenvalue weighted by Gasteiger charge is -2.07. The third-order valence-electron chi connectivity index (χ3n) is 1.88. The SMILES string of the molecule is CNc1cn2cnnc2cc1OC. The van der Waals surface area contributed by atoms with Crippen LogP contribution in [-0.2, 0) is 0 Å². The van der Waals surface area contributed by atoms with E-state index in [1.807, 2.05) is 23.7 Å². The van der Waals surface area contributed by atoms with E-state index in [1.165, 1.54) is 0 Å². The number of nitrogens with one attached hydrogen (secondary N) is 1. The topological polar surface area (TPSA) is 51.5 Å². The molecule has 0 bridgehead atoms. The number of ether oxygens (including phenoxy) is 1. The molecule has 0 aliphatic rings. The number of fused-ring (bicyclic) bond motifs is 1. The van der Waals surface area contributed by atoms with Gasteiger partial charge in [0.15, 0.2) is 5.65 Å². The molecule has 5 nitrogen and oxygen atoms in total. The number of aromatic nitrogens is 3. The first-order valence-corrected chi connectivity index (χ1v) is 3.90.